The third kappa shape index (κ3) is 4.96. The van der Waals surface area contributed by atoms with Crippen LogP contribution in [0.1, 0.15) is 31.9 Å². The number of fused-ring (bicyclic) bond motifs is 1. The number of nitrogens with one attached hydrogen (secondary N) is 2. The topological polar surface area (TPSA) is 91.4 Å². The van der Waals surface area contributed by atoms with Crippen molar-refractivity contribution in [2.24, 2.45) is 0 Å². The molecule has 0 saturated carbocycles. The number of aromatic nitrogens is 1. The molecular formula is C23H26N2O4. The van der Waals surface area contributed by atoms with Crippen LogP contribution in [0.2, 0.25) is 0 Å². The summed E-state index contributed by atoms with van der Waals surface area (Å²) in [6, 6.07) is 14.2. The van der Waals surface area contributed by atoms with Crippen molar-refractivity contribution in [3.8, 4) is 5.75 Å². The van der Waals surface area contributed by atoms with Crippen LogP contribution in [-0.4, -0.2) is 34.6 Å². The fourth-order valence-corrected chi connectivity index (χ4v) is 3.31. The van der Waals surface area contributed by atoms with Gasteiger partial charge in [0.05, 0.1) is 0 Å². The van der Waals surface area contributed by atoms with Gasteiger partial charge < -0.3 is 20.1 Å². The molecule has 29 heavy (non-hydrogen) atoms. The number of para-hydroxylation sites is 2. The normalized spacial score (nSPS) is 12.5. The molecule has 1 atom stereocenters. The number of aliphatic carboxylic acids is 1. The SMILES string of the molecule is CC(C)(C)c1ccccc1OCC(=O)NC(Cc1c[nH]c2ccccc12)C(=O)O. The van der Waals surface area contributed by atoms with Gasteiger partial charge in [0.1, 0.15) is 11.8 Å². The quantitative estimate of drug-likeness (QED) is 0.570. The highest BCUT2D eigenvalue weighted by atomic mass is 16.5. The highest BCUT2D eigenvalue weighted by Crippen LogP contribution is 2.30. The summed E-state index contributed by atoms with van der Waals surface area (Å²) in [7, 11) is 0. The average Bonchev–Trinajstić information content (AvgIpc) is 3.08. The van der Waals surface area contributed by atoms with E-state index in [1.807, 2.05) is 48.5 Å². The summed E-state index contributed by atoms with van der Waals surface area (Å²) < 4.78 is 5.70. The van der Waals surface area contributed by atoms with E-state index in [1.54, 1.807) is 6.20 Å². The molecule has 1 heterocycles. The van der Waals surface area contributed by atoms with Gasteiger partial charge in [0.15, 0.2) is 6.61 Å². The summed E-state index contributed by atoms with van der Waals surface area (Å²) in [5.74, 6) is -0.932. The molecule has 0 aliphatic carbocycles. The molecule has 0 aliphatic heterocycles. The molecule has 3 rings (SSSR count). The molecule has 0 aliphatic rings. The molecule has 1 aromatic heterocycles. The molecule has 1 amide bonds. The second-order valence-electron chi connectivity index (χ2n) is 8.06. The van der Waals surface area contributed by atoms with E-state index in [0.717, 1.165) is 22.0 Å². The Morgan fingerprint density at radius 1 is 1.10 bits per heavy atom. The Labute approximate surface area is 169 Å². The molecule has 0 saturated heterocycles. The van der Waals surface area contributed by atoms with Crippen molar-refractivity contribution in [2.75, 3.05) is 6.61 Å². The Kier molecular flexibility index (Phi) is 5.92. The van der Waals surface area contributed by atoms with E-state index >= 15 is 0 Å². The van der Waals surface area contributed by atoms with Gasteiger partial charge in [-0.3, -0.25) is 4.79 Å². The number of carbonyl (C=O) groups is 2. The number of hydrogen-bond acceptors (Lipinski definition) is 3. The first-order valence-electron chi connectivity index (χ1n) is 9.55. The summed E-state index contributed by atoms with van der Waals surface area (Å²) in [5.41, 5.74) is 2.63. The summed E-state index contributed by atoms with van der Waals surface area (Å²) in [6.07, 6.45) is 1.96. The van der Waals surface area contributed by atoms with Crippen LogP contribution in [0.4, 0.5) is 0 Å². The van der Waals surface area contributed by atoms with Gasteiger partial charge in [-0.15, -0.1) is 0 Å². The Hall–Kier alpha value is -3.28. The third-order valence-electron chi connectivity index (χ3n) is 4.79. The first-order chi connectivity index (χ1) is 13.8. The summed E-state index contributed by atoms with van der Waals surface area (Å²) in [5, 5.41) is 13.1. The maximum Gasteiger partial charge on any atom is 0.326 e. The lowest BCUT2D eigenvalue weighted by molar-refractivity contribution is -0.142. The Bertz CT molecular complexity index is 1020. The number of carboxylic acids is 1. The van der Waals surface area contributed by atoms with Crippen LogP contribution < -0.4 is 10.1 Å². The maximum atomic E-state index is 12.4. The van der Waals surface area contributed by atoms with Crippen LogP contribution in [0.15, 0.2) is 54.7 Å². The number of hydrogen-bond donors (Lipinski definition) is 3. The molecule has 6 nitrogen and oxygen atoms in total. The van der Waals surface area contributed by atoms with E-state index in [9.17, 15) is 14.7 Å². The molecule has 152 valence electrons. The van der Waals surface area contributed by atoms with E-state index in [0.29, 0.717) is 5.75 Å². The molecule has 1 unspecified atom stereocenters. The number of carbonyl (C=O) groups excluding carboxylic acids is 1. The minimum absolute atomic E-state index is 0.133. The zero-order valence-electron chi connectivity index (χ0n) is 16.9. The van der Waals surface area contributed by atoms with E-state index in [-0.39, 0.29) is 18.4 Å². The molecule has 0 fully saturated rings. The fourth-order valence-electron chi connectivity index (χ4n) is 3.31. The number of ether oxygens (including phenoxy) is 1. The zero-order chi connectivity index (χ0) is 21.0. The first kappa shape index (κ1) is 20.5. The van der Waals surface area contributed by atoms with Gasteiger partial charge in [-0.1, -0.05) is 57.2 Å². The Morgan fingerprint density at radius 3 is 2.52 bits per heavy atom. The lowest BCUT2D eigenvalue weighted by atomic mass is 9.86. The molecular weight excluding hydrogens is 368 g/mol. The van der Waals surface area contributed by atoms with Crippen molar-refractivity contribution in [2.45, 2.75) is 38.6 Å². The fraction of sp³-hybridized carbons (Fsp3) is 0.304. The predicted octanol–water partition coefficient (Wildman–Crippen LogP) is 3.66. The molecule has 0 spiro atoms. The predicted molar refractivity (Wildman–Crippen MR) is 112 cm³/mol. The number of rotatable bonds is 7. The van der Waals surface area contributed by atoms with Crippen molar-refractivity contribution >= 4 is 22.8 Å². The second kappa shape index (κ2) is 8.39. The smallest absolute Gasteiger partial charge is 0.326 e. The van der Waals surface area contributed by atoms with Crippen LogP contribution >= 0.6 is 0 Å². The molecule has 0 radical (unpaired) electrons. The van der Waals surface area contributed by atoms with E-state index in [2.05, 4.69) is 31.1 Å². The molecule has 3 N–H and O–H groups in total. The minimum atomic E-state index is -1.08. The third-order valence-corrected chi connectivity index (χ3v) is 4.79. The van der Waals surface area contributed by atoms with Crippen LogP contribution in [-0.2, 0) is 21.4 Å². The lowest BCUT2D eigenvalue weighted by Crippen LogP contribution is -2.44. The Morgan fingerprint density at radius 2 is 1.79 bits per heavy atom. The van der Waals surface area contributed by atoms with Crippen molar-refractivity contribution in [1.29, 1.82) is 0 Å². The van der Waals surface area contributed by atoms with Crippen LogP contribution in [0.3, 0.4) is 0 Å². The largest absolute Gasteiger partial charge is 0.483 e. The maximum absolute atomic E-state index is 12.4. The van der Waals surface area contributed by atoms with E-state index in [1.165, 1.54) is 0 Å². The molecule has 3 aromatic rings. The van der Waals surface area contributed by atoms with Gasteiger partial charge in [-0.2, -0.15) is 0 Å². The van der Waals surface area contributed by atoms with Crippen molar-refractivity contribution in [1.82, 2.24) is 10.3 Å². The number of aromatic amines is 1. The Balaban J connectivity index is 1.66. The standard InChI is InChI=1S/C23H26N2O4/c1-23(2,3)17-9-5-7-11-20(17)29-14-21(26)25-19(22(27)28)12-15-13-24-18-10-6-4-8-16(15)18/h4-11,13,19,24H,12,14H2,1-3H3,(H,25,26)(H,27,28). The minimum Gasteiger partial charge on any atom is -0.483 e. The second-order valence-corrected chi connectivity index (χ2v) is 8.06. The van der Waals surface area contributed by atoms with Crippen LogP contribution in [0.5, 0.6) is 5.75 Å². The number of carboxylic acid groups (broad SMARTS) is 1. The average molecular weight is 394 g/mol. The van der Waals surface area contributed by atoms with Crippen LogP contribution in [0.25, 0.3) is 10.9 Å². The summed E-state index contributed by atoms with van der Waals surface area (Å²) >= 11 is 0. The highest BCUT2D eigenvalue weighted by molar-refractivity contribution is 5.87. The van der Waals surface area contributed by atoms with Gasteiger partial charge in [0, 0.05) is 23.5 Å². The molecule has 2 aromatic carbocycles. The van der Waals surface area contributed by atoms with E-state index < -0.39 is 17.9 Å². The molecule has 6 heteroatoms. The van der Waals surface area contributed by atoms with Crippen molar-refractivity contribution in [3.05, 3.63) is 65.9 Å². The first-order valence-corrected chi connectivity index (χ1v) is 9.55. The van der Waals surface area contributed by atoms with Crippen molar-refractivity contribution in [3.63, 3.8) is 0 Å². The van der Waals surface area contributed by atoms with Crippen LogP contribution in [0, 0.1) is 0 Å². The highest BCUT2D eigenvalue weighted by Gasteiger charge is 2.23. The van der Waals surface area contributed by atoms with Gasteiger partial charge >= 0.3 is 5.97 Å². The number of benzene rings is 2. The van der Waals surface area contributed by atoms with Gasteiger partial charge in [-0.25, -0.2) is 4.79 Å². The van der Waals surface area contributed by atoms with E-state index in [4.69, 9.17) is 4.74 Å². The van der Waals surface area contributed by atoms with Gasteiger partial charge in [-0.05, 0) is 28.7 Å². The van der Waals surface area contributed by atoms with Gasteiger partial charge in [0.25, 0.3) is 5.91 Å². The number of amides is 1. The molecule has 0 bridgehead atoms. The van der Waals surface area contributed by atoms with Crippen molar-refractivity contribution < 1.29 is 19.4 Å². The zero-order valence-corrected chi connectivity index (χ0v) is 16.9. The monoisotopic (exact) mass is 394 g/mol. The summed E-state index contributed by atoms with van der Waals surface area (Å²) in [6.45, 7) is 5.95. The lowest BCUT2D eigenvalue weighted by Gasteiger charge is -2.22. The number of H-pyrrole nitrogens is 1. The summed E-state index contributed by atoms with van der Waals surface area (Å²) in [4.78, 5) is 27.2. The van der Waals surface area contributed by atoms with Gasteiger partial charge in [0.2, 0.25) is 0 Å².